The molecule has 0 saturated heterocycles. The van der Waals surface area contributed by atoms with Crippen LogP contribution in [-0.2, 0) is 0 Å². The fourth-order valence-corrected chi connectivity index (χ4v) is 4.25. The van der Waals surface area contributed by atoms with E-state index in [-0.39, 0.29) is 28.6 Å². The number of rotatable bonds is 7. The number of carbonyl (C=O) groups is 2. The molecule has 1 aromatic heterocycles. The Morgan fingerprint density at radius 1 is 1.11 bits per heavy atom. The zero-order valence-corrected chi connectivity index (χ0v) is 20.5. The smallest absolute Gasteiger partial charge is 0.337 e. The molecule has 174 valence electrons. The van der Waals surface area contributed by atoms with E-state index in [4.69, 9.17) is 14.5 Å². The van der Waals surface area contributed by atoms with E-state index in [1.807, 2.05) is 49.4 Å². The van der Waals surface area contributed by atoms with Gasteiger partial charge in [-0.3, -0.25) is 4.79 Å². The molecular weight excluding hydrogens is 561 g/mol. The van der Waals surface area contributed by atoms with Crippen LogP contribution in [0.25, 0.3) is 11.3 Å². The van der Waals surface area contributed by atoms with Gasteiger partial charge in [0, 0.05) is 15.2 Å². The van der Waals surface area contributed by atoms with Gasteiger partial charge >= 0.3 is 5.97 Å². The minimum atomic E-state index is -1.27. The number of aromatic nitrogens is 1. The Kier molecular flexibility index (Phi) is 7.12. The van der Waals surface area contributed by atoms with Crippen molar-refractivity contribution in [2.45, 2.75) is 13.0 Å². The molecule has 0 aliphatic rings. The fourth-order valence-electron chi connectivity index (χ4n) is 3.43. The fraction of sp³-hybridized carbons (Fsp3) is 0.0769. The predicted octanol–water partition coefficient (Wildman–Crippen LogP) is 5.91. The molecule has 0 saturated carbocycles. The van der Waals surface area contributed by atoms with Gasteiger partial charge in [-0.2, -0.15) is 5.26 Å². The first-order chi connectivity index (χ1) is 16.9. The highest BCUT2D eigenvalue weighted by molar-refractivity contribution is 14.1. The average Bonchev–Trinajstić information content (AvgIpc) is 3.35. The number of para-hydroxylation sites is 1. The van der Waals surface area contributed by atoms with Crippen LogP contribution in [0.15, 0.2) is 77.3 Å². The largest absolute Gasteiger partial charge is 0.485 e. The zero-order chi connectivity index (χ0) is 24.9. The summed E-state index contributed by atoms with van der Waals surface area (Å²) >= 11 is 2.26. The van der Waals surface area contributed by atoms with Gasteiger partial charge in [-0.1, -0.05) is 35.5 Å². The molecule has 0 aliphatic carbocycles. The SMILES string of the molecule is C[C@H](Oc1ccccc1-c1cc(C(=O)Nc2ccc(C#N)cc2C(=O)O)no1)c1ccccc1I. The van der Waals surface area contributed by atoms with Crippen molar-refractivity contribution in [3.8, 4) is 23.1 Å². The monoisotopic (exact) mass is 579 g/mol. The minimum Gasteiger partial charge on any atom is -0.485 e. The van der Waals surface area contributed by atoms with Gasteiger partial charge in [0.1, 0.15) is 11.9 Å². The van der Waals surface area contributed by atoms with E-state index in [9.17, 15) is 14.7 Å². The number of anilines is 1. The van der Waals surface area contributed by atoms with E-state index in [1.165, 1.54) is 24.3 Å². The number of nitrogens with one attached hydrogen (secondary N) is 1. The molecule has 1 heterocycles. The summed E-state index contributed by atoms with van der Waals surface area (Å²) in [5.41, 5.74) is 1.62. The third-order valence-electron chi connectivity index (χ3n) is 5.17. The number of ether oxygens (including phenoxy) is 1. The number of nitriles is 1. The quantitative estimate of drug-likeness (QED) is 0.261. The van der Waals surface area contributed by atoms with Crippen LogP contribution in [0.3, 0.4) is 0 Å². The van der Waals surface area contributed by atoms with E-state index in [0.29, 0.717) is 17.1 Å². The average molecular weight is 579 g/mol. The lowest BCUT2D eigenvalue weighted by molar-refractivity contribution is 0.0698. The van der Waals surface area contributed by atoms with E-state index in [0.717, 1.165) is 9.13 Å². The van der Waals surface area contributed by atoms with E-state index >= 15 is 0 Å². The standard InChI is InChI=1S/C26H18IN3O5/c1-15(17-6-2-4-8-20(17)27)34-23-9-5-3-7-18(23)24-13-22(30-35-24)25(31)29-21-11-10-16(14-28)12-19(21)26(32)33/h2-13,15H,1H3,(H,29,31)(H,32,33)/t15-/m0/s1. The highest BCUT2D eigenvalue weighted by Crippen LogP contribution is 2.34. The second kappa shape index (κ2) is 10.4. The molecule has 3 aromatic carbocycles. The number of benzene rings is 3. The van der Waals surface area contributed by atoms with Crippen molar-refractivity contribution in [2.24, 2.45) is 0 Å². The van der Waals surface area contributed by atoms with Gasteiger partial charge < -0.3 is 19.7 Å². The molecule has 0 bridgehead atoms. The van der Waals surface area contributed by atoms with Crippen molar-refractivity contribution in [3.63, 3.8) is 0 Å². The highest BCUT2D eigenvalue weighted by Gasteiger charge is 2.20. The third-order valence-corrected chi connectivity index (χ3v) is 6.15. The number of aromatic carboxylic acids is 1. The molecule has 4 aromatic rings. The molecule has 0 unspecified atom stereocenters. The topological polar surface area (TPSA) is 125 Å². The van der Waals surface area contributed by atoms with Gasteiger partial charge in [0.25, 0.3) is 5.91 Å². The lowest BCUT2D eigenvalue weighted by Gasteiger charge is -2.18. The lowest BCUT2D eigenvalue weighted by Crippen LogP contribution is -2.15. The molecule has 0 spiro atoms. The lowest BCUT2D eigenvalue weighted by atomic mass is 10.1. The Balaban J connectivity index is 1.57. The molecule has 9 heteroatoms. The molecule has 0 fully saturated rings. The number of halogens is 1. The number of hydrogen-bond acceptors (Lipinski definition) is 6. The third kappa shape index (κ3) is 5.33. The summed E-state index contributed by atoms with van der Waals surface area (Å²) < 4.78 is 12.7. The molecule has 4 rings (SSSR count). The molecule has 1 amide bonds. The zero-order valence-electron chi connectivity index (χ0n) is 18.4. The van der Waals surface area contributed by atoms with Crippen molar-refractivity contribution < 1.29 is 24.0 Å². The summed E-state index contributed by atoms with van der Waals surface area (Å²) in [4.78, 5) is 24.3. The summed E-state index contributed by atoms with van der Waals surface area (Å²) in [7, 11) is 0. The van der Waals surface area contributed by atoms with E-state index < -0.39 is 11.9 Å². The molecule has 0 radical (unpaired) electrons. The first kappa shape index (κ1) is 24.0. The van der Waals surface area contributed by atoms with Gasteiger partial charge in [-0.25, -0.2) is 4.79 Å². The summed E-state index contributed by atoms with van der Waals surface area (Å²) in [6, 6.07) is 22.5. The van der Waals surface area contributed by atoms with E-state index in [1.54, 1.807) is 12.1 Å². The number of carbonyl (C=O) groups excluding carboxylic acids is 1. The maximum atomic E-state index is 12.7. The Bertz CT molecular complexity index is 1460. The van der Waals surface area contributed by atoms with Crippen LogP contribution in [0.2, 0.25) is 0 Å². The van der Waals surface area contributed by atoms with Crippen LogP contribution >= 0.6 is 22.6 Å². The van der Waals surface area contributed by atoms with Crippen molar-refractivity contribution in [3.05, 3.63) is 98.8 Å². The number of carboxylic acids is 1. The van der Waals surface area contributed by atoms with Crippen LogP contribution in [0.1, 0.15) is 45.0 Å². The first-order valence-corrected chi connectivity index (χ1v) is 11.5. The Labute approximate surface area is 214 Å². The number of hydrogen-bond donors (Lipinski definition) is 2. The molecule has 0 aliphatic heterocycles. The number of nitrogens with zero attached hydrogens (tertiary/aromatic N) is 2. The van der Waals surface area contributed by atoms with Crippen molar-refractivity contribution in [2.75, 3.05) is 5.32 Å². The highest BCUT2D eigenvalue weighted by atomic mass is 127. The first-order valence-electron chi connectivity index (χ1n) is 10.4. The second-order valence-corrected chi connectivity index (χ2v) is 8.65. The van der Waals surface area contributed by atoms with Crippen LogP contribution in [0.4, 0.5) is 5.69 Å². The van der Waals surface area contributed by atoms with Gasteiger partial charge in [-0.05, 0) is 65.9 Å². The van der Waals surface area contributed by atoms with Gasteiger partial charge in [0.05, 0.1) is 28.4 Å². The van der Waals surface area contributed by atoms with Crippen LogP contribution in [0, 0.1) is 14.9 Å². The minimum absolute atomic E-state index is 0.0406. The number of carboxylic acid groups (broad SMARTS) is 1. The number of amides is 1. The van der Waals surface area contributed by atoms with Crippen molar-refractivity contribution in [1.82, 2.24) is 5.16 Å². The van der Waals surface area contributed by atoms with Crippen LogP contribution in [-0.4, -0.2) is 22.1 Å². The van der Waals surface area contributed by atoms with Crippen LogP contribution < -0.4 is 10.1 Å². The maximum absolute atomic E-state index is 12.7. The van der Waals surface area contributed by atoms with Gasteiger partial charge in [0.15, 0.2) is 11.5 Å². The summed E-state index contributed by atoms with van der Waals surface area (Å²) in [5, 5.41) is 24.8. The summed E-state index contributed by atoms with van der Waals surface area (Å²) in [5.74, 6) is -1.05. The summed E-state index contributed by atoms with van der Waals surface area (Å²) in [6.45, 7) is 1.95. The molecule has 2 N–H and O–H groups in total. The van der Waals surface area contributed by atoms with Crippen LogP contribution in [0.5, 0.6) is 5.75 Å². The maximum Gasteiger partial charge on any atom is 0.337 e. The second-order valence-electron chi connectivity index (χ2n) is 7.49. The predicted molar refractivity (Wildman–Crippen MR) is 136 cm³/mol. The molecule has 35 heavy (non-hydrogen) atoms. The van der Waals surface area contributed by atoms with E-state index in [2.05, 4.69) is 33.1 Å². The summed E-state index contributed by atoms with van der Waals surface area (Å²) in [6.07, 6.45) is -0.235. The Morgan fingerprint density at radius 3 is 2.60 bits per heavy atom. The Hall–Kier alpha value is -4.17. The molecule has 1 atom stereocenters. The molecular formula is C26H18IN3O5. The Morgan fingerprint density at radius 2 is 1.86 bits per heavy atom. The molecule has 8 nitrogen and oxygen atoms in total. The normalized spacial score (nSPS) is 11.3. The van der Waals surface area contributed by atoms with Gasteiger partial charge in [-0.15, -0.1) is 0 Å². The van der Waals surface area contributed by atoms with Crippen molar-refractivity contribution in [1.29, 1.82) is 5.26 Å². The van der Waals surface area contributed by atoms with Crippen molar-refractivity contribution >= 4 is 40.2 Å². The van der Waals surface area contributed by atoms with Gasteiger partial charge in [0.2, 0.25) is 0 Å².